The molecule has 1 fully saturated rings. The molecule has 1 saturated heterocycles. The lowest BCUT2D eigenvalue weighted by Crippen LogP contribution is -2.35. The van der Waals surface area contributed by atoms with Gasteiger partial charge in [-0.1, -0.05) is 23.7 Å². The predicted octanol–water partition coefficient (Wildman–Crippen LogP) is 4.99. The third-order valence-corrected chi connectivity index (χ3v) is 6.77. The minimum absolute atomic E-state index is 0.0136. The molecule has 1 N–H and O–H groups in total. The monoisotopic (exact) mass is 467 g/mol. The van der Waals surface area contributed by atoms with E-state index in [9.17, 15) is 0 Å². The van der Waals surface area contributed by atoms with E-state index in [1.807, 2.05) is 30.5 Å². The molecule has 3 heterocycles. The second-order valence-corrected chi connectivity index (χ2v) is 9.54. The summed E-state index contributed by atoms with van der Waals surface area (Å²) in [5, 5.41) is 5.07. The molecule has 7 heteroatoms. The number of hydrogen-bond acceptors (Lipinski definition) is 3. The van der Waals surface area contributed by atoms with Crippen LogP contribution in [-0.4, -0.2) is 51.6 Å². The summed E-state index contributed by atoms with van der Waals surface area (Å²) >= 11 is 12.2. The van der Waals surface area contributed by atoms with Crippen molar-refractivity contribution in [2.45, 2.75) is 32.9 Å². The largest absolute Gasteiger partial charge is 0.352 e. The molecule has 32 heavy (non-hydrogen) atoms. The van der Waals surface area contributed by atoms with E-state index in [1.54, 1.807) is 0 Å². The van der Waals surface area contributed by atoms with Gasteiger partial charge in [0.05, 0.1) is 17.8 Å². The average Bonchev–Trinajstić information content (AvgIpc) is 3.24. The van der Waals surface area contributed by atoms with Crippen molar-refractivity contribution in [2.24, 2.45) is 0 Å². The molecule has 4 rings (SSSR count). The van der Waals surface area contributed by atoms with Gasteiger partial charge in [-0.3, -0.25) is 4.98 Å². The average molecular weight is 468 g/mol. The Labute approximate surface area is 201 Å². The number of thiocarbonyl (C=S) groups is 1. The van der Waals surface area contributed by atoms with Crippen LogP contribution < -0.4 is 5.32 Å². The Kier molecular flexibility index (Phi) is 6.56. The van der Waals surface area contributed by atoms with Gasteiger partial charge < -0.3 is 19.7 Å². The maximum atomic E-state index is 6.36. The van der Waals surface area contributed by atoms with Crippen molar-refractivity contribution >= 4 is 28.9 Å². The molecule has 3 aromatic rings. The van der Waals surface area contributed by atoms with E-state index < -0.39 is 0 Å². The molecule has 1 aliphatic rings. The predicted molar refractivity (Wildman–Crippen MR) is 136 cm³/mol. The highest BCUT2D eigenvalue weighted by Gasteiger charge is 2.41. The number of benzene rings is 1. The second kappa shape index (κ2) is 9.22. The maximum Gasteiger partial charge on any atom is 0.170 e. The molecule has 0 aliphatic carbocycles. The normalized spacial score (nSPS) is 18.5. The van der Waals surface area contributed by atoms with Gasteiger partial charge in [-0.15, -0.1) is 0 Å². The van der Waals surface area contributed by atoms with Gasteiger partial charge in [0.15, 0.2) is 5.11 Å². The van der Waals surface area contributed by atoms with Gasteiger partial charge in [0, 0.05) is 41.4 Å². The number of pyridine rings is 1. The topological polar surface area (TPSA) is 36.3 Å². The standard InChI is InChI=1S/C25H30ClN5S/c1-16-9-10-19(26)15-22(16)31-17(2)14-20(18(31)3)24-23(21-8-6-7-11-27-21)28-25(32)30(24)13-12-29(4)5/h6-11,14-15,23-24H,12-13H2,1-5H3,(H,28,32). The first-order chi connectivity index (χ1) is 15.3. The van der Waals surface area contributed by atoms with Gasteiger partial charge >= 0.3 is 0 Å². The van der Waals surface area contributed by atoms with Crippen LogP contribution in [0.15, 0.2) is 48.7 Å². The van der Waals surface area contributed by atoms with Crippen LogP contribution in [0.1, 0.15) is 40.3 Å². The zero-order valence-corrected chi connectivity index (χ0v) is 20.8. The van der Waals surface area contributed by atoms with Gasteiger partial charge in [0.1, 0.15) is 0 Å². The Balaban J connectivity index is 1.83. The van der Waals surface area contributed by atoms with Crippen molar-refractivity contribution in [2.75, 3.05) is 27.2 Å². The summed E-state index contributed by atoms with van der Waals surface area (Å²) in [5.41, 5.74) is 6.92. The minimum Gasteiger partial charge on any atom is -0.352 e. The Morgan fingerprint density at radius 3 is 2.59 bits per heavy atom. The molecule has 168 valence electrons. The molecule has 2 atom stereocenters. The first-order valence-electron chi connectivity index (χ1n) is 10.9. The number of nitrogens with one attached hydrogen (secondary N) is 1. The van der Waals surface area contributed by atoms with E-state index in [1.165, 1.54) is 22.5 Å². The van der Waals surface area contributed by atoms with Crippen molar-refractivity contribution < 1.29 is 0 Å². The molecule has 2 aromatic heterocycles. The van der Waals surface area contributed by atoms with Crippen molar-refractivity contribution in [1.29, 1.82) is 0 Å². The molecule has 1 aliphatic heterocycles. The first kappa shape index (κ1) is 22.8. The summed E-state index contributed by atoms with van der Waals surface area (Å²) in [6.07, 6.45) is 1.85. The van der Waals surface area contributed by atoms with Gasteiger partial charge in [0.25, 0.3) is 0 Å². The molecule has 0 radical (unpaired) electrons. The number of likely N-dealkylation sites (N-methyl/N-ethyl adjacent to an activating group) is 1. The van der Waals surface area contributed by atoms with E-state index in [0.29, 0.717) is 0 Å². The quantitative estimate of drug-likeness (QED) is 0.517. The van der Waals surface area contributed by atoms with Gasteiger partial charge in [0.2, 0.25) is 0 Å². The Morgan fingerprint density at radius 2 is 1.91 bits per heavy atom. The summed E-state index contributed by atoms with van der Waals surface area (Å²) in [5.74, 6) is 0. The van der Waals surface area contributed by atoms with Crippen LogP contribution in [0.3, 0.4) is 0 Å². The van der Waals surface area contributed by atoms with E-state index in [2.05, 4.69) is 77.7 Å². The zero-order chi connectivity index (χ0) is 23.0. The smallest absolute Gasteiger partial charge is 0.170 e. The molecule has 5 nitrogen and oxygen atoms in total. The molecule has 2 unspecified atom stereocenters. The molecular weight excluding hydrogens is 438 g/mol. The summed E-state index contributed by atoms with van der Waals surface area (Å²) in [4.78, 5) is 9.16. The first-order valence-corrected chi connectivity index (χ1v) is 11.6. The maximum absolute atomic E-state index is 6.36. The molecule has 0 amide bonds. The fourth-order valence-corrected chi connectivity index (χ4v) is 5.07. The summed E-state index contributed by atoms with van der Waals surface area (Å²) in [6, 6.07) is 14.4. The third kappa shape index (κ3) is 4.27. The SMILES string of the molecule is Cc1ccc(Cl)cc1-n1c(C)cc(C2C(c3ccccn3)NC(=S)N2CCN(C)C)c1C. The fourth-order valence-electron chi connectivity index (χ4n) is 4.57. The zero-order valence-electron chi connectivity index (χ0n) is 19.3. The number of rotatable bonds is 6. The van der Waals surface area contributed by atoms with Crippen LogP contribution in [0, 0.1) is 20.8 Å². The molecule has 0 saturated carbocycles. The number of aromatic nitrogens is 2. The van der Waals surface area contributed by atoms with Gasteiger partial charge in [-0.2, -0.15) is 0 Å². The minimum atomic E-state index is -0.0136. The van der Waals surface area contributed by atoms with Crippen LogP contribution in [0.4, 0.5) is 0 Å². The highest BCUT2D eigenvalue weighted by Crippen LogP contribution is 2.41. The lowest BCUT2D eigenvalue weighted by atomic mass is 9.96. The number of nitrogens with zero attached hydrogens (tertiary/aromatic N) is 4. The van der Waals surface area contributed by atoms with E-state index in [0.717, 1.165) is 34.6 Å². The van der Waals surface area contributed by atoms with E-state index in [-0.39, 0.29) is 12.1 Å². The van der Waals surface area contributed by atoms with Crippen LogP contribution >= 0.6 is 23.8 Å². The number of hydrogen-bond donors (Lipinski definition) is 1. The van der Waals surface area contributed by atoms with E-state index in [4.69, 9.17) is 23.8 Å². The molecule has 0 spiro atoms. The van der Waals surface area contributed by atoms with Crippen molar-refractivity contribution in [1.82, 2.24) is 24.7 Å². The van der Waals surface area contributed by atoms with Gasteiger partial charge in [-0.05, 0) is 88.5 Å². The lowest BCUT2D eigenvalue weighted by molar-refractivity contribution is 0.277. The van der Waals surface area contributed by atoms with Crippen LogP contribution in [0.2, 0.25) is 5.02 Å². The summed E-state index contributed by atoms with van der Waals surface area (Å²) in [7, 11) is 4.18. The summed E-state index contributed by atoms with van der Waals surface area (Å²) < 4.78 is 2.30. The molecule has 1 aromatic carbocycles. The summed E-state index contributed by atoms with van der Waals surface area (Å²) in [6.45, 7) is 8.21. The molecular formula is C25H30ClN5S. The molecule has 0 bridgehead atoms. The van der Waals surface area contributed by atoms with Crippen LogP contribution in [0.5, 0.6) is 0 Å². The van der Waals surface area contributed by atoms with Gasteiger partial charge in [-0.25, -0.2) is 0 Å². The number of halogens is 1. The number of aryl methyl sites for hydroxylation is 2. The third-order valence-electron chi connectivity index (χ3n) is 6.19. The van der Waals surface area contributed by atoms with Crippen molar-refractivity contribution in [3.63, 3.8) is 0 Å². The van der Waals surface area contributed by atoms with Crippen LogP contribution in [0.25, 0.3) is 5.69 Å². The second-order valence-electron chi connectivity index (χ2n) is 8.72. The fraction of sp³-hybridized carbons (Fsp3) is 0.360. The van der Waals surface area contributed by atoms with Crippen molar-refractivity contribution in [3.05, 3.63) is 81.9 Å². The highest BCUT2D eigenvalue weighted by atomic mass is 35.5. The van der Waals surface area contributed by atoms with E-state index >= 15 is 0 Å². The van der Waals surface area contributed by atoms with Crippen LogP contribution in [-0.2, 0) is 0 Å². The van der Waals surface area contributed by atoms with Crippen molar-refractivity contribution in [3.8, 4) is 5.69 Å². The Morgan fingerprint density at radius 1 is 1.12 bits per heavy atom. The highest BCUT2D eigenvalue weighted by molar-refractivity contribution is 7.80. The Bertz CT molecular complexity index is 1120. The lowest BCUT2D eigenvalue weighted by Gasteiger charge is -2.29. The Hall–Kier alpha value is -2.41.